The highest BCUT2D eigenvalue weighted by atomic mass is 31.2. The number of rotatable bonds is 5. The Morgan fingerprint density at radius 1 is 1.20 bits per heavy atom. The summed E-state index contributed by atoms with van der Waals surface area (Å²) in [5, 5.41) is 0. The van der Waals surface area contributed by atoms with Gasteiger partial charge in [0.25, 0.3) is 0 Å². The van der Waals surface area contributed by atoms with Crippen molar-refractivity contribution in [2.75, 3.05) is 19.0 Å². The van der Waals surface area contributed by atoms with E-state index in [2.05, 4.69) is 6.92 Å². The molecule has 0 rings (SSSR count). The molecule has 0 fully saturated rings. The molecule has 2 heteroatoms. The Morgan fingerprint density at radius 2 is 1.80 bits per heavy atom. The number of hydrogen-bond donors (Lipinski definition) is 0. The van der Waals surface area contributed by atoms with Gasteiger partial charge in [-0.1, -0.05) is 26.7 Å². The van der Waals surface area contributed by atoms with Crippen LogP contribution in [0.3, 0.4) is 0 Å². The van der Waals surface area contributed by atoms with Crippen LogP contribution in [0.5, 0.6) is 0 Å². The molecule has 0 radical (unpaired) electrons. The molecular formula is C8H19OP. The maximum absolute atomic E-state index is 11.5. The molecule has 0 aliphatic heterocycles. The van der Waals surface area contributed by atoms with Crippen LogP contribution in [0.1, 0.15) is 33.1 Å². The van der Waals surface area contributed by atoms with Crippen LogP contribution in [-0.2, 0) is 4.57 Å². The summed E-state index contributed by atoms with van der Waals surface area (Å²) in [6.07, 6.45) is 5.44. The molecule has 0 aliphatic carbocycles. The van der Waals surface area contributed by atoms with Gasteiger partial charge < -0.3 is 4.57 Å². The van der Waals surface area contributed by atoms with Crippen molar-refractivity contribution in [3.05, 3.63) is 0 Å². The molecule has 0 bridgehead atoms. The fraction of sp³-hybridized carbons (Fsp3) is 1.00. The van der Waals surface area contributed by atoms with Gasteiger partial charge in [-0.2, -0.15) is 0 Å². The van der Waals surface area contributed by atoms with Crippen LogP contribution in [0.2, 0.25) is 0 Å². The second-order valence-corrected chi connectivity index (χ2v) is 6.72. The predicted octanol–water partition coefficient (Wildman–Crippen LogP) is 3.19. The van der Waals surface area contributed by atoms with Gasteiger partial charge in [0.05, 0.1) is 7.14 Å². The van der Waals surface area contributed by atoms with E-state index < -0.39 is 7.14 Å². The minimum atomic E-state index is -1.70. The van der Waals surface area contributed by atoms with Crippen molar-refractivity contribution in [3.8, 4) is 0 Å². The summed E-state index contributed by atoms with van der Waals surface area (Å²) in [5.74, 6) is 0. The van der Waals surface area contributed by atoms with Crippen molar-refractivity contribution in [3.63, 3.8) is 0 Å². The lowest BCUT2D eigenvalue weighted by Crippen LogP contribution is -1.90. The van der Waals surface area contributed by atoms with Crippen molar-refractivity contribution in [1.29, 1.82) is 0 Å². The third kappa shape index (κ3) is 5.05. The lowest BCUT2D eigenvalue weighted by atomic mass is 10.3. The normalized spacial score (nSPS) is 16.7. The summed E-state index contributed by atoms with van der Waals surface area (Å²) in [7, 11) is -1.70. The van der Waals surface area contributed by atoms with Gasteiger partial charge in [-0.05, 0) is 19.2 Å². The molecule has 1 unspecified atom stereocenters. The van der Waals surface area contributed by atoms with E-state index in [1.54, 1.807) is 0 Å². The monoisotopic (exact) mass is 162 g/mol. The summed E-state index contributed by atoms with van der Waals surface area (Å²) >= 11 is 0. The second kappa shape index (κ2) is 4.96. The fourth-order valence-corrected chi connectivity index (χ4v) is 2.06. The SMILES string of the molecule is CCCCCP(C)(=O)CC. The molecule has 0 saturated heterocycles. The van der Waals surface area contributed by atoms with Gasteiger partial charge in [0.2, 0.25) is 0 Å². The summed E-state index contributed by atoms with van der Waals surface area (Å²) in [4.78, 5) is 0. The summed E-state index contributed by atoms with van der Waals surface area (Å²) in [6, 6.07) is 0. The Balaban J connectivity index is 3.38. The zero-order chi connectivity index (χ0) is 8.04. The molecule has 0 saturated carbocycles. The zero-order valence-corrected chi connectivity index (χ0v) is 8.29. The minimum absolute atomic E-state index is 0.872. The molecule has 62 valence electrons. The highest BCUT2D eigenvalue weighted by Crippen LogP contribution is 2.41. The van der Waals surface area contributed by atoms with Gasteiger partial charge in [0, 0.05) is 6.16 Å². The second-order valence-electron chi connectivity index (χ2n) is 3.04. The summed E-state index contributed by atoms with van der Waals surface area (Å²) < 4.78 is 11.5. The number of hydrogen-bond acceptors (Lipinski definition) is 1. The van der Waals surface area contributed by atoms with Gasteiger partial charge in [0.1, 0.15) is 0 Å². The first kappa shape index (κ1) is 10.2. The third-order valence-corrected chi connectivity index (χ3v) is 4.50. The first-order valence-electron chi connectivity index (χ1n) is 4.18. The highest BCUT2D eigenvalue weighted by Gasteiger charge is 2.09. The molecule has 1 atom stereocenters. The topological polar surface area (TPSA) is 17.1 Å². The van der Waals surface area contributed by atoms with E-state index in [0.29, 0.717) is 0 Å². The molecule has 0 aromatic carbocycles. The van der Waals surface area contributed by atoms with Gasteiger partial charge >= 0.3 is 0 Å². The summed E-state index contributed by atoms with van der Waals surface area (Å²) in [5.41, 5.74) is 0. The molecule has 0 heterocycles. The highest BCUT2D eigenvalue weighted by molar-refractivity contribution is 7.63. The average molecular weight is 162 g/mol. The molecule has 0 spiro atoms. The third-order valence-electron chi connectivity index (χ3n) is 1.90. The number of unbranched alkanes of at least 4 members (excludes halogenated alkanes) is 2. The van der Waals surface area contributed by atoms with Gasteiger partial charge in [-0.15, -0.1) is 0 Å². The van der Waals surface area contributed by atoms with E-state index in [-0.39, 0.29) is 0 Å². The smallest absolute Gasteiger partial charge is 0.0845 e. The van der Waals surface area contributed by atoms with Crippen LogP contribution >= 0.6 is 7.14 Å². The predicted molar refractivity (Wildman–Crippen MR) is 48.5 cm³/mol. The van der Waals surface area contributed by atoms with Crippen LogP contribution in [0.4, 0.5) is 0 Å². The van der Waals surface area contributed by atoms with Crippen LogP contribution < -0.4 is 0 Å². The Morgan fingerprint density at radius 3 is 2.20 bits per heavy atom. The van der Waals surface area contributed by atoms with Crippen molar-refractivity contribution >= 4 is 7.14 Å². The van der Waals surface area contributed by atoms with Crippen LogP contribution in [0.25, 0.3) is 0 Å². The Kier molecular flexibility index (Phi) is 5.07. The Labute approximate surface area is 64.6 Å². The van der Waals surface area contributed by atoms with Crippen LogP contribution in [0.15, 0.2) is 0 Å². The molecular weight excluding hydrogens is 143 g/mol. The molecule has 0 N–H and O–H groups in total. The largest absolute Gasteiger partial charge is 0.324 e. The molecule has 0 amide bonds. The first-order chi connectivity index (χ1) is 4.62. The molecule has 0 aromatic heterocycles. The molecule has 0 aliphatic rings. The maximum atomic E-state index is 11.5. The quantitative estimate of drug-likeness (QED) is 0.448. The summed E-state index contributed by atoms with van der Waals surface area (Å²) in [6.45, 7) is 6.11. The lowest BCUT2D eigenvalue weighted by Gasteiger charge is -2.08. The maximum Gasteiger partial charge on any atom is 0.0845 e. The van der Waals surface area contributed by atoms with Gasteiger partial charge in [-0.3, -0.25) is 0 Å². The van der Waals surface area contributed by atoms with E-state index in [0.717, 1.165) is 18.7 Å². The standard InChI is InChI=1S/C8H19OP/c1-4-6-7-8-10(3,9)5-2/h4-8H2,1-3H3. The fourth-order valence-electron chi connectivity index (χ4n) is 0.854. The molecule has 1 nitrogen and oxygen atoms in total. The van der Waals surface area contributed by atoms with Gasteiger partial charge in [-0.25, -0.2) is 0 Å². The van der Waals surface area contributed by atoms with Crippen molar-refractivity contribution < 1.29 is 4.57 Å². The van der Waals surface area contributed by atoms with Crippen molar-refractivity contribution in [2.24, 2.45) is 0 Å². The zero-order valence-electron chi connectivity index (χ0n) is 7.39. The lowest BCUT2D eigenvalue weighted by molar-refractivity contribution is 0.576. The van der Waals surface area contributed by atoms with E-state index in [1.807, 2.05) is 13.6 Å². The van der Waals surface area contributed by atoms with E-state index in [4.69, 9.17) is 0 Å². The van der Waals surface area contributed by atoms with E-state index >= 15 is 0 Å². The minimum Gasteiger partial charge on any atom is -0.324 e. The molecule has 10 heavy (non-hydrogen) atoms. The van der Waals surface area contributed by atoms with Crippen LogP contribution in [-0.4, -0.2) is 19.0 Å². The average Bonchev–Trinajstić information content (AvgIpc) is 1.89. The van der Waals surface area contributed by atoms with Crippen molar-refractivity contribution in [2.45, 2.75) is 33.1 Å². The van der Waals surface area contributed by atoms with Gasteiger partial charge in [0.15, 0.2) is 0 Å². The molecule has 0 aromatic rings. The van der Waals surface area contributed by atoms with E-state index in [1.165, 1.54) is 12.8 Å². The van der Waals surface area contributed by atoms with E-state index in [9.17, 15) is 4.57 Å². The Bertz CT molecular complexity index is 120. The first-order valence-corrected chi connectivity index (χ1v) is 6.70. The van der Waals surface area contributed by atoms with Crippen molar-refractivity contribution in [1.82, 2.24) is 0 Å². The van der Waals surface area contributed by atoms with Crippen LogP contribution in [0, 0.1) is 0 Å². The Hall–Kier alpha value is 0.230.